The van der Waals surface area contributed by atoms with Gasteiger partial charge in [-0.05, 0) is 4.98 Å². The first-order valence-corrected chi connectivity index (χ1v) is 3.59. The van der Waals surface area contributed by atoms with E-state index in [0.717, 1.165) is 0 Å². The molecule has 0 saturated heterocycles. The molecule has 0 atom stereocenters. The van der Waals surface area contributed by atoms with Gasteiger partial charge in [-0.25, -0.2) is 4.57 Å². The summed E-state index contributed by atoms with van der Waals surface area (Å²) >= 11 is 0. The second kappa shape index (κ2) is 2.89. The summed E-state index contributed by atoms with van der Waals surface area (Å²) in [5.41, 5.74) is 0.743. The number of hydrogen-bond donors (Lipinski definition) is 1. The maximum Gasteiger partial charge on any atom is 0.296 e. The van der Waals surface area contributed by atoms with Crippen LogP contribution >= 0.6 is 0 Å². The van der Waals surface area contributed by atoms with Crippen LogP contribution in [0.4, 0.5) is 0 Å². The van der Waals surface area contributed by atoms with Gasteiger partial charge in [0.2, 0.25) is 5.75 Å². The quantitative estimate of drug-likeness (QED) is 0.474. The van der Waals surface area contributed by atoms with Crippen LogP contribution in [0, 0.1) is 13.8 Å². The van der Waals surface area contributed by atoms with Crippen molar-refractivity contribution in [2.45, 2.75) is 13.8 Å². The van der Waals surface area contributed by atoms with E-state index in [2.05, 4.69) is 4.98 Å². The number of carbonyl (C=O) groups excluding carboxylic acids is 1. The van der Waals surface area contributed by atoms with Crippen molar-refractivity contribution >= 4 is 6.29 Å². The lowest BCUT2D eigenvalue weighted by atomic mass is 10.3. The molecule has 0 amide bonds. The first-order chi connectivity index (χ1) is 5.57. The number of carbonyl (C=O) groups is 1. The van der Waals surface area contributed by atoms with Gasteiger partial charge in [-0.3, -0.25) is 4.79 Å². The zero-order chi connectivity index (χ0) is 9.30. The zero-order valence-electron chi connectivity index (χ0n) is 7.33. The van der Waals surface area contributed by atoms with Crippen molar-refractivity contribution < 1.29 is 14.5 Å². The van der Waals surface area contributed by atoms with Crippen molar-refractivity contribution in [3.05, 3.63) is 17.2 Å². The largest absolute Gasteiger partial charge is 0.501 e. The average molecular weight is 167 g/mol. The summed E-state index contributed by atoms with van der Waals surface area (Å²) in [6, 6.07) is 0. The lowest BCUT2D eigenvalue weighted by Gasteiger charge is -2.00. The maximum atomic E-state index is 10.4. The summed E-state index contributed by atoms with van der Waals surface area (Å²) in [5, 5.41) is 9.39. The predicted octanol–water partition coefficient (Wildman–Crippen LogP) is 0.0410. The van der Waals surface area contributed by atoms with E-state index in [9.17, 15) is 9.90 Å². The summed E-state index contributed by atoms with van der Waals surface area (Å²) in [6.07, 6.45) is 0.551. The van der Waals surface area contributed by atoms with Crippen molar-refractivity contribution in [3.8, 4) is 5.75 Å². The first kappa shape index (κ1) is 8.64. The van der Waals surface area contributed by atoms with Crippen LogP contribution in [0.3, 0.4) is 0 Å². The number of aldehydes is 1. The van der Waals surface area contributed by atoms with Crippen molar-refractivity contribution in [3.63, 3.8) is 0 Å². The number of aromatic nitrogens is 2. The van der Waals surface area contributed by atoms with E-state index >= 15 is 0 Å². The van der Waals surface area contributed by atoms with E-state index in [1.807, 2.05) is 0 Å². The lowest BCUT2D eigenvalue weighted by molar-refractivity contribution is -0.687. The molecule has 0 bridgehead atoms. The second-order valence-electron chi connectivity index (χ2n) is 2.66. The van der Waals surface area contributed by atoms with Crippen LogP contribution in [0.25, 0.3) is 0 Å². The summed E-state index contributed by atoms with van der Waals surface area (Å²) in [4.78, 5) is 14.3. The molecular formula is C8H11N2O2+. The van der Waals surface area contributed by atoms with Crippen molar-refractivity contribution in [1.82, 2.24) is 4.98 Å². The molecule has 0 spiro atoms. The lowest BCUT2D eigenvalue weighted by Crippen LogP contribution is -2.37. The van der Waals surface area contributed by atoms with Crippen LogP contribution in [-0.2, 0) is 7.05 Å². The highest BCUT2D eigenvalue weighted by Gasteiger charge is 2.18. The minimum absolute atomic E-state index is 0.0434. The second-order valence-corrected chi connectivity index (χ2v) is 2.66. The third-order valence-corrected chi connectivity index (χ3v) is 1.97. The highest BCUT2D eigenvalue weighted by atomic mass is 16.3. The molecule has 4 heteroatoms. The number of hydrogen-bond acceptors (Lipinski definition) is 3. The standard InChI is InChI=1S/C8H10N2O2/c1-5-8(12)7(4-11)9-6(2)10(5)3/h4H,1-3H3/p+1. The monoisotopic (exact) mass is 167 g/mol. The molecule has 0 aliphatic carbocycles. The van der Waals surface area contributed by atoms with E-state index in [1.165, 1.54) is 0 Å². The molecule has 64 valence electrons. The normalized spacial score (nSPS) is 9.92. The molecule has 0 unspecified atom stereocenters. The van der Waals surface area contributed by atoms with Gasteiger partial charge in [0.1, 0.15) is 5.69 Å². The molecule has 1 aromatic heterocycles. The molecule has 4 nitrogen and oxygen atoms in total. The fourth-order valence-corrected chi connectivity index (χ4v) is 0.971. The molecule has 0 aliphatic rings. The zero-order valence-corrected chi connectivity index (χ0v) is 7.33. The topological polar surface area (TPSA) is 54.1 Å². The van der Waals surface area contributed by atoms with Crippen LogP contribution < -0.4 is 4.57 Å². The number of aryl methyl sites for hydroxylation is 1. The number of rotatable bonds is 1. The SMILES string of the molecule is Cc1nc(C=O)c(O)c(C)[n+]1C. The minimum Gasteiger partial charge on any atom is -0.501 e. The Bertz CT molecular complexity index is 334. The Morgan fingerprint density at radius 1 is 1.50 bits per heavy atom. The number of aromatic hydroxyl groups is 1. The van der Waals surface area contributed by atoms with Crippen LogP contribution in [0.15, 0.2) is 0 Å². The third kappa shape index (κ3) is 1.15. The Morgan fingerprint density at radius 3 is 2.58 bits per heavy atom. The Labute approximate surface area is 70.5 Å². The smallest absolute Gasteiger partial charge is 0.296 e. The highest BCUT2D eigenvalue weighted by molar-refractivity contribution is 5.76. The first-order valence-electron chi connectivity index (χ1n) is 3.59. The van der Waals surface area contributed by atoms with Crippen LogP contribution in [0.5, 0.6) is 5.75 Å². The Morgan fingerprint density at radius 2 is 2.08 bits per heavy atom. The van der Waals surface area contributed by atoms with Gasteiger partial charge in [0.05, 0.1) is 7.05 Å². The fraction of sp³-hybridized carbons (Fsp3) is 0.375. The molecule has 0 fully saturated rings. The molecule has 1 N–H and O–H groups in total. The molecule has 1 rings (SSSR count). The molecule has 12 heavy (non-hydrogen) atoms. The van der Waals surface area contributed by atoms with E-state index in [0.29, 0.717) is 17.8 Å². The van der Waals surface area contributed by atoms with Gasteiger partial charge in [-0.2, -0.15) is 0 Å². The van der Waals surface area contributed by atoms with E-state index in [1.54, 1.807) is 25.5 Å². The fourth-order valence-electron chi connectivity index (χ4n) is 0.971. The van der Waals surface area contributed by atoms with Crippen molar-refractivity contribution in [1.29, 1.82) is 0 Å². The predicted molar refractivity (Wildman–Crippen MR) is 41.9 cm³/mol. The Balaban J connectivity index is 3.49. The van der Waals surface area contributed by atoms with Gasteiger partial charge in [0, 0.05) is 13.8 Å². The van der Waals surface area contributed by atoms with Crippen LogP contribution in [0.2, 0.25) is 0 Å². The average Bonchev–Trinajstić information content (AvgIpc) is 2.08. The minimum atomic E-state index is -0.0434. The third-order valence-electron chi connectivity index (χ3n) is 1.97. The van der Waals surface area contributed by atoms with Crippen molar-refractivity contribution in [2.24, 2.45) is 7.05 Å². The molecule has 1 heterocycles. The summed E-state index contributed by atoms with van der Waals surface area (Å²) in [7, 11) is 1.78. The maximum absolute atomic E-state index is 10.4. The molecule has 0 saturated carbocycles. The van der Waals surface area contributed by atoms with E-state index in [-0.39, 0.29) is 11.4 Å². The van der Waals surface area contributed by atoms with E-state index < -0.39 is 0 Å². The molecule has 0 aromatic carbocycles. The van der Waals surface area contributed by atoms with Gasteiger partial charge in [-0.15, -0.1) is 0 Å². The Hall–Kier alpha value is -1.45. The number of nitrogens with zero attached hydrogens (tertiary/aromatic N) is 2. The molecular weight excluding hydrogens is 156 g/mol. The summed E-state index contributed by atoms with van der Waals surface area (Å²) < 4.78 is 1.72. The molecule has 0 aliphatic heterocycles. The van der Waals surface area contributed by atoms with Gasteiger partial charge in [0.25, 0.3) is 11.5 Å². The van der Waals surface area contributed by atoms with Gasteiger partial charge in [0.15, 0.2) is 6.29 Å². The van der Waals surface area contributed by atoms with Crippen LogP contribution in [-0.4, -0.2) is 16.4 Å². The van der Waals surface area contributed by atoms with Gasteiger partial charge >= 0.3 is 0 Å². The van der Waals surface area contributed by atoms with Gasteiger partial charge < -0.3 is 5.11 Å². The molecule has 1 aromatic rings. The summed E-state index contributed by atoms with van der Waals surface area (Å²) in [6.45, 7) is 3.51. The van der Waals surface area contributed by atoms with Crippen LogP contribution in [0.1, 0.15) is 22.0 Å². The van der Waals surface area contributed by atoms with Crippen molar-refractivity contribution in [2.75, 3.05) is 0 Å². The van der Waals surface area contributed by atoms with Gasteiger partial charge in [-0.1, -0.05) is 0 Å². The summed E-state index contributed by atoms with van der Waals surface area (Å²) in [5.74, 6) is 0.658. The molecule has 0 radical (unpaired) electrons. The highest BCUT2D eigenvalue weighted by Crippen LogP contribution is 2.14. The van der Waals surface area contributed by atoms with E-state index in [4.69, 9.17) is 0 Å². The Kier molecular flexibility index (Phi) is 2.08.